The summed E-state index contributed by atoms with van der Waals surface area (Å²) in [4.78, 5) is 0. The van der Waals surface area contributed by atoms with E-state index in [0.29, 0.717) is 17.9 Å². The highest BCUT2D eigenvalue weighted by Gasteiger charge is 2.35. The zero-order valence-electron chi connectivity index (χ0n) is 18.5. The number of allylic oxidation sites excluding steroid dienone is 1. The molecule has 0 saturated carbocycles. The number of methoxy groups -OCH3 is 2. The third-order valence-corrected chi connectivity index (χ3v) is 7.81. The minimum Gasteiger partial charge on any atom is -0.497 e. The summed E-state index contributed by atoms with van der Waals surface area (Å²) in [6, 6.07) is 14.7. The van der Waals surface area contributed by atoms with Crippen molar-refractivity contribution in [1.82, 2.24) is 4.31 Å². The van der Waals surface area contributed by atoms with Gasteiger partial charge in [0.1, 0.15) is 11.5 Å². The van der Waals surface area contributed by atoms with Gasteiger partial charge in [-0.2, -0.15) is 4.31 Å². The van der Waals surface area contributed by atoms with E-state index in [4.69, 9.17) is 9.47 Å². The van der Waals surface area contributed by atoms with Gasteiger partial charge < -0.3 is 14.6 Å². The molecule has 1 N–H and O–H groups in total. The standard InChI is InChI=1S/C24H33NO5S/c1-5-6-19(2)24(15-16-26)31(27,28)25(17-20-7-11-22(29-3)12-8-20)18-21-9-13-23(30-4)14-10-21/h5,7-14,19,24,26H,1,6,15-18H2,2-4H3/t19-,24+/m0/s1. The second kappa shape index (κ2) is 11.9. The normalized spacial score (nSPS) is 13.6. The third kappa shape index (κ3) is 6.82. The number of rotatable bonds is 13. The minimum absolute atomic E-state index is 0.163. The summed E-state index contributed by atoms with van der Waals surface area (Å²) in [7, 11) is -0.525. The van der Waals surface area contributed by atoms with Crippen LogP contribution in [0.5, 0.6) is 11.5 Å². The van der Waals surface area contributed by atoms with E-state index in [2.05, 4.69) is 6.58 Å². The molecule has 0 amide bonds. The quantitative estimate of drug-likeness (QED) is 0.470. The van der Waals surface area contributed by atoms with Crippen molar-refractivity contribution in [3.63, 3.8) is 0 Å². The molecule has 0 aliphatic carbocycles. The first kappa shape index (κ1) is 24.9. The van der Waals surface area contributed by atoms with Gasteiger partial charge in [0.05, 0.1) is 19.5 Å². The molecule has 2 aromatic rings. The van der Waals surface area contributed by atoms with Crippen LogP contribution >= 0.6 is 0 Å². The van der Waals surface area contributed by atoms with Crippen LogP contribution in [-0.4, -0.2) is 43.9 Å². The van der Waals surface area contributed by atoms with E-state index in [9.17, 15) is 13.5 Å². The summed E-state index contributed by atoms with van der Waals surface area (Å²) >= 11 is 0. The van der Waals surface area contributed by atoms with E-state index < -0.39 is 15.3 Å². The first-order valence-electron chi connectivity index (χ1n) is 10.3. The molecule has 170 valence electrons. The van der Waals surface area contributed by atoms with Crippen molar-refractivity contribution in [1.29, 1.82) is 0 Å². The molecule has 0 radical (unpaired) electrons. The van der Waals surface area contributed by atoms with E-state index in [0.717, 1.165) is 11.1 Å². The van der Waals surface area contributed by atoms with Crippen molar-refractivity contribution in [2.24, 2.45) is 5.92 Å². The lowest BCUT2D eigenvalue weighted by Crippen LogP contribution is -2.41. The van der Waals surface area contributed by atoms with Crippen molar-refractivity contribution in [3.05, 3.63) is 72.3 Å². The van der Waals surface area contributed by atoms with Crippen molar-refractivity contribution >= 4 is 10.0 Å². The van der Waals surface area contributed by atoms with Gasteiger partial charge in [0, 0.05) is 19.7 Å². The monoisotopic (exact) mass is 447 g/mol. The Morgan fingerprint density at radius 3 is 1.77 bits per heavy atom. The van der Waals surface area contributed by atoms with Crippen LogP contribution in [0.1, 0.15) is 30.9 Å². The van der Waals surface area contributed by atoms with Crippen LogP contribution < -0.4 is 9.47 Å². The van der Waals surface area contributed by atoms with Gasteiger partial charge in [0.15, 0.2) is 0 Å². The van der Waals surface area contributed by atoms with Crippen molar-refractivity contribution < 1.29 is 23.0 Å². The first-order valence-corrected chi connectivity index (χ1v) is 11.8. The summed E-state index contributed by atoms with van der Waals surface area (Å²) in [5.41, 5.74) is 1.72. The van der Waals surface area contributed by atoms with E-state index in [-0.39, 0.29) is 32.0 Å². The molecule has 31 heavy (non-hydrogen) atoms. The van der Waals surface area contributed by atoms with Gasteiger partial charge >= 0.3 is 0 Å². The summed E-state index contributed by atoms with van der Waals surface area (Å²) in [6.45, 7) is 5.89. The van der Waals surface area contributed by atoms with Gasteiger partial charge in [0.25, 0.3) is 0 Å². The molecule has 0 spiro atoms. The predicted molar refractivity (Wildman–Crippen MR) is 124 cm³/mol. The van der Waals surface area contributed by atoms with Crippen molar-refractivity contribution in [2.45, 2.75) is 38.1 Å². The topological polar surface area (TPSA) is 76.1 Å². The summed E-state index contributed by atoms with van der Waals surface area (Å²) in [5.74, 6) is 1.26. The summed E-state index contributed by atoms with van der Waals surface area (Å²) in [6.07, 6.45) is 2.46. The number of hydrogen-bond acceptors (Lipinski definition) is 5. The van der Waals surface area contributed by atoms with Gasteiger partial charge in [0.2, 0.25) is 10.0 Å². The second-order valence-electron chi connectivity index (χ2n) is 7.56. The molecule has 0 heterocycles. The fourth-order valence-corrected chi connectivity index (χ4v) is 5.71. The number of sulfonamides is 1. The van der Waals surface area contributed by atoms with E-state index in [1.54, 1.807) is 20.3 Å². The van der Waals surface area contributed by atoms with Crippen LogP contribution in [0.25, 0.3) is 0 Å². The Labute approximate surface area is 186 Å². The van der Waals surface area contributed by atoms with Gasteiger partial charge in [-0.15, -0.1) is 6.58 Å². The summed E-state index contributed by atoms with van der Waals surface area (Å²) < 4.78 is 39.4. The van der Waals surface area contributed by atoms with E-state index in [1.165, 1.54) is 4.31 Å². The number of aliphatic hydroxyl groups is 1. The van der Waals surface area contributed by atoms with Crippen molar-refractivity contribution in [3.8, 4) is 11.5 Å². The highest BCUT2D eigenvalue weighted by atomic mass is 32.2. The Hall–Kier alpha value is -2.35. The average molecular weight is 448 g/mol. The number of benzene rings is 2. The molecule has 0 aromatic heterocycles. The zero-order valence-corrected chi connectivity index (χ0v) is 19.3. The maximum absolute atomic E-state index is 13.7. The lowest BCUT2D eigenvalue weighted by Gasteiger charge is -2.30. The predicted octanol–water partition coefficient (Wildman–Crippen LogP) is 4.00. The molecule has 0 saturated heterocycles. The zero-order chi connectivity index (χ0) is 22.9. The third-order valence-electron chi connectivity index (χ3n) is 5.37. The van der Waals surface area contributed by atoms with Crippen molar-refractivity contribution in [2.75, 3.05) is 20.8 Å². The van der Waals surface area contributed by atoms with Crippen LogP contribution in [0.4, 0.5) is 0 Å². The van der Waals surface area contributed by atoms with Crippen LogP contribution in [0, 0.1) is 5.92 Å². The number of ether oxygens (including phenoxy) is 2. The molecule has 2 atom stereocenters. The fourth-order valence-electron chi connectivity index (χ4n) is 3.57. The van der Waals surface area contributed by atoms with Crippen LogP contribution in [-0.2, 0) is 23.1 Å². The molecule has 2 rings (SSSR count). The van der Waals surface area contributed by atoms with E-state index >= 15 is 0 Å². The molecular weight excluding hydrogens is 414 g/mol. The number of hydrogen-bond donors (Lipinski definition) is 1. The lowest BCUT2D eigenvalue weighted by molar-refractivity contribution is 0.269. The maximum Gasteiger partial charge on any atom is 0.217 e. The Balaban J connectivity index is 2.39. The van der Waals surface area contributed by atoms with Crippen LogP contribution in [0.15, 0.2) is 61.2 Å². The molecule has 0 fully saturated rings. The second-order valence-corrected chi connectivity index (χ2v) is 9.71. The highest BCUT2D eigenvalue weighted by Crippen LogP contribution is 2.27. The first-order chi connectivity index (χ1) is 14.8. The molecular formula is C24H33NO5S. The van der Waals surface area contributed by atoms with Crippen LogP contribution in [0.2, 0.25) is 0 Å². The lowest BCUT2D eigenvalue weighted by atomic mass is 10.0. The Morgan fingerprint density at radius 1 is 0.968 bits per heavy atom. The van der Waals surface area contributed by atoms with Gasteiger partial charge in [-0.25, -0.2) is 8.42 Å². The smallest absolute Gasteiger partial charge is 0.217 e. The minimum atomic E-state index is -3.71. The van der Waals surface area contributed by atoms with E-state index in [1.807, 2.05) is 55.5 Å². The summed E-state index contributed by atoms with van der Waals surface area (Å²) in [5, 5.41) is 8.86. The molecule has 6 nitrogen and oxygen atoms in total. The molecule has 0 bridgehead atoms. The Bertz CT molecular complexity index is 860. The molecule has 7 heteroatoms. The largest absolute Gasteiger partial charge is 0.497 e. The number of aliphatic hydroxyl groups excluding tert-OH is 1. The fraction of sp³-hybridized carbons (Fsp3) is 0.417. The van der Waals surface area contributed by atoms with Gasteiger partial charge in [-0.05, 0) is 54.2 Å². The Morgan fingerprint density at radius 2 is 1.42 bits per heavy atom. The van der Waals surface area contributed by atoms with Crippen LogP contribution in [0.3, 0.4) is 0 Å². The van der Waals surface area contributed by atoms with Gasteiger partial charge in [-0.3, -0.25) is 0 Å². The average Bonchev–Trinajstić information content (AvgIpc) is 2.78. The molecule has 0 unspecified atom stereocenters. The highest BCUT2D eigenvalue weighted by molar-refractivity contribution is 7.89. The number of nitrogens with zero attached hydrogens (tertiary/aromatic N) is 1. The Kier molecular flexibility index (Phi) is 9.55. The molecule has 0 aliphatic heterocycles. The SMILES string of the molecule is C=CC[C@H](C)[C@@H](CCO)S(=O)(=O)N(Cc1ccc(OC)cc1)Cc1ccc(OC)cc1. The van der Waals surface area contributed by atoms with Gasteiger partial charge in [-0.1, -0.05) is 37.3 Å². The molecule has 2 aromatic carbocycles. The molecule has 0 aliphatic rings. The maximum atomic E-state index is 13.7.